The molecule has 0 saturated heterocycles. The first-order valence-electron chi connectivity index (χ1n) is 3.76. The first-order valence-corrected chi connectivity index (χ1v) is 3.76. The van der Waals surface area contributed by atoms with Crippen molar-refractivity contribution in [3.63, 3.8) is 0 Å². The normalized spacial score (nSPS) is 9.69. The SMILES string of the molecule is O=Cc1ccc(OCCO)cc1F. The molecule has 13 heavy (non-hydrogen) atoms. The van der Waals surface area contributed by atoms with Gasteiger partial charge in [0.2, 0.25) is 0 Å². The highest BCUT2D eigenvalue weighted by atomic mass is 19.1. The Morgan fingerprint density at radius 2 is 2.31 bits per heavy atom. The van der Waals surface area contributed by atoms with Gasteiger partial charge < -0.3 is 9.84 Å². The van der Waals surface area contributed by atoms with Gasteiger partial charge in [0.15, 0.2) is 6.29 Å². The minimum absolute atomic E-state index is 0.00338. The number of hydrogen-bond acceptors (Lipinski definition) is 3. The standard InChI is InChI=1S/C9H9FO3/c10-9-5-8(13-4-3-11)2-1-7(9)6-12/h1-2,5-6,11H,3-4H2. The van der Waals surface area contributed by atoms with Crippen LogP contribution in [0.4, 0.5) is 4.39 Å². The summed E-state index contributed by atoms with van der Waals surface area (Å²) in [6.07, 6.45) is 0.436. The zero-order chi connectivity index (χ0) is 9.68. The van der Waals surface area contributed by atoms with Crippen LogP contribution in [0.3, 0.4) is 0 Å². The van der Waals surface area contributed by atoms with Crippen molar-refractivity contribution in [3.8, 4) is 5.75 Å². The van der Waals surface area contributed by atoms with Gasteiger partial charge in [0.1, 0.15) is 18.2 Å². The molecular formula is C9H9FO3. The molecule has 0 aliphatic carbocycles. The van der Waals surface area contributed by atoms with Crippen LogP contribution in [-0.4, -0.2) is 24.6 Å². The fourth-order valence-electron chi connectivity index (χ4n) is 0.857. The van der Waals surface area contributed by atoms with Crippen LogP contribution in [0.15, 0.2) is 18.2 Å². The molecular weight excluding hydrogens is 175 g/mol. The quantitative estimate of drug-likeness (QED) is 0.710. The Balaban J connectivity index is 2.77. The summed E-state index contributed by atoms with van der Waals surface area (Å²) in [5.74, 6) is -0.317. The Bertz CT molecular complexity index is 299. The van der Waals surface area contributed by atoms with Crippen molar-refractivity contribution in [1.29, 1.82) is 0 Å². The maximum atomic E-state index is 12.9. The number of benzene rings is 1. The molecule has 0 unspecified atom stereocenters. The van der Waals surface area contributed by atoms with Crippen LogP contribution < -0.4 is 4.74 Å². The van der Waals surface area contributed by atoms with Crippen LogP contribution in [0.1, 0.15) is 10.4 Å². The Hall–Kier alpha value is -1.42. The zero-order valence-electron chi connectivity index (χ0n) is 6.87. The molecule has 0 heterocycles. The molecule has 1 aromatic rings. The molecule has 0 radical (unpaired) electrons. The highest BCUT2D eigenvalue weighted by Crippen LogP contribution is 2.14. The maximum absolute atomic E-state index is 12.9. The molecule has 0 bridgehead atoms. The minimum Gasteiger partial charge on any atom is -0.491 e. The molecule has 0 aliphatic heterocycles. The van der Waals surface area contributed by atoms with Crippen LogP contribution in [-0.2, 0) is 0 Å². The van der Waals surface area contributed by atoms with Crippen molar-refractivity contribution in [1.82, 2.24) is 0 Å². The lowest BCUT2D eigenvalue weighted by molar-refractivity contribution is 0.111. The molecule has 1 N–H and O–H groups in total. The van der Waals surface area contributed by atoms with Gasteiger partial charge in [-0.15, -0.1) is 0 Å². The van der Waals surface area contributed by atoms with E-state index in [-0.39, 0.29) is 18.8 Å². The summed E-state index contributed by atoms with van der Waals surface area (Å²) in [5.41, 5.74) is -0.00338. The van der Waals surface area contributed by atoms with E-state index in [9.17, 15) is 9.18 Å². The Morgan fingerprint density at radius 3 is 2.85 bits per heavy atom. The molecule has 0 amide bonds. The van der Waals surface area contributed by atoms with Crippen molar-refractivity contribution in [2.45, 2.75) is 0 Å². The maximum Gasteiger partial charge on any atom is 0.152 e. The van der Waals surface area contributed by atoms with Gasteiger partial charge in [0, 0.05) is 6.07 Å². The molecule has 0 aliphatic rings. The van der Waals surface area contributed by atoms with Crippen LogP contribution in [0.5, 0.6) is 5.75 Å². The first-order chi connectivity index (χ1) is 6.27. The lowest BCUT2D eigenvalue weighted by atomic mass is 10.2. The number of carbonyl (C=O) groups is 1. The predicted molar refractivity (Wildman–Crippen MR) is 44.4 cm³/mol. The van der Waals surface area contributed by atoms with Crippen molar-refractivity contribution < 1.29 is 19.0 Å². The average Bonchev–Trinajstić information content (AvgIpc) is 2.15. The van der Waals surface area contributed by atoms with Gasteiger partial charge in [0.25, 0.3) is 0 Å². The second-order valence-electron chi connectivity index (χ2n) is 2.37. The number of rotatable bonds is 4. The number of hydrogen-bond donors (Lipinski definition) is 1. The molecule has 0 atom stereocenters. The number of carbonyl (C=O) groups excluding carboxylic acids is 1. The number of halogens is 1. The van der Waals surface area contributed by atoms with Crippen molar-refractivity contribution in [2.75, 3.05) is 13.2 Å². The molecule has 1 rings (SSSR count). The molecule has 4 heteroatoms. The summed E-state index contributed by atoms with van der Waals surface area (Å²) in [5, 5.41) is 8.42. The van der Waals surface area contributed by atoms with E-state index in [1.54, 1.807) is 0 Å². The van der Waals surface area contributed by atoms with Gasteiger partial charge in [-0.05, 0) is 12.1 Å². The Morgan fingerprint density at radius 1 is 1.54 bits per heavy atom. The summed E-state index contributed by atoms with van der Waals surface area (Å²) in [6.45, 7) is -0.0169. The molecule has 0 spiro atoms. The molecule has 0 saturated carbocycles. The third kappa shape index (κ3) is 2.52. The predicted octanol–water partition coefficient (Wildman–Crippen LogP) is 1.01. The van der Waals surface area contributed by atoms with E-state index >= 15 is 0 Å². The zero-order valence-corrected chi connectivity index (χ0v) is 6.87. The van der Waals surface area contributed by atoms with Gasteiger partial charge >= 0.3 is 0 Å². The molecule has 1 aromatic carbocycles. The third-order valence-electron chi connectivity index (χ3n) is 1.46. The molecule has 0 aromatic heterocycles. The topological polar surface area (TPSA) is 46.5 Å². The fourth-order valence-corrected chi connectivity index (χ4v) is 0.857. The van der Waals surface area contributed by atoms with Gasteiger partial charge in [-0.1, -0.05) is 0 Å². The summed E-state index contributed by atoms with van der Waals surface area (Å²) in [4.78, 5) is 10.2. The van der Waals surface area contributed by atoms with Crippen LogP contribution in [0.25, 0.3) is 0 Å². The first kappa shape index (κ1) is 9.67. The monoisotopic (exact) mass is 184 g/mol. The largest absolute Gasteiger partial charge is 0.491 e. The summed E-state index contributed by atoms with van der Waals surface area (Å²) in [7, 11) is 0. The van der Waals surface area contributed by atoms with Crippen molar-refractivity contribution >= 4 is 6.29 Å². The number of ether oxygens (including phenoxy) is 1. The number of aldehydes is 1. The third-order valence-corrected chi connectivity index (χ3v) is 1.46. The summed E-state index contributed by atoms with van der Waals surface area (Å²) in [6, 6.07) is 3.91. The second-order valence-corrected chi connectivity index (χ2v) is 2.37. The van der Waals surface area contributed by atoms with Crippen LogP contribution in [0.2, 0.25) is 0 Å². The highest BCUT2D eigenvalue weighted by molar-refractivity contribution is 5.75. The van der Waals surface area contributed by atoms with Gasteiger partial charge in [-0.25, -0.2) is 4.39 Å². The Labute approximate surface area is 74.8 Å². The molecule has 70 valence electrons. The van der Waals surface area contributed by atoms with E-state index in [1.165, 1.54) is 12.1 Å². The van der Waals surface area contributed by atoms with E-state index in [2.05, 4.69) is 0 Å². The highest BCUT2D eigenvalue weighted by Gasteiger charge is 2.02. The molecule has 0 fully saturated rings. The summed E-state index contributed by atoms with van der Waals surface area (Å²) >= 11 is 0. The second kappa shape index (κ2) is 4.57. The fraction of sp³-hybridized carbons (Fsp3) is 0.222. The minimum atomic E-state index is -0.620. The van der Waals surface area contributed by atoms with E-state index in [0.29, 0.717) is 12.0 Å². The lowest BCUT2D eigenvalue weighted by Gasteiger charge is -2.03. The number of aliphatic hydroxyl groups excluding tert-OH is 1. The Kier molecular flexibility index (Phi) is 3.40. The van der Waals surface area contributed by atoms with Crippen molar-refractivity contribution in [2.24, 2.45) is 0 Å². The van der Waals surface area contributed by atoms with E-state index in [4.69, 9.17) is 9.84 Å². The molecule has 3 nitrogen and oxygen atoms in total. The van der Waals surface area contributed by atoms with E-state index < -0.39 is 5.82 Å². The number of aliphatic hydroxyl groups is 1. The average molecular weight is 184 g/mol. The van der Waals surface area contributed by atoms with Gasteiger partial charge in [-0.3, -0.25) is 4.79 Å². The van der Waals surface area contributed by atoms with Crippen LogP contribution >= 0.6 is 0 Å². The van der Waals surface area contributed by atoms with Gasteiger partial charge in [-0.2, -0.15) is 0 Å². The lowest BCUT2D eigenvalue weighted by Crippen LogP contribution is -2.02. The van der Waals surface area contributed by atoms with E-state index in [0.717, 1.165) is 6.07 Å². The van der Waals surface area contributed by atoms with E-state index in [1.807, 2.05) is 0 Å². The van der Waals surface area contributed by atoms with Crippen LogP contribution in [0, 0.1) is 5.82 Å². The van der Waals surface area contributed by atoms with Crippen molar-refractivity contribution in [3.05, 3.63) is 29.6 Å². The van der Waals surface area contributed by atoms with Gasteiger partial charge in [0.05, 0.1) is 12.2 Å². The summed E-state index contributed by atoms with van der Waals surface area (Å²) < 4.78 is 17.8. The smallest absolute Gasteiger partial charge is 0.152 e.